The molecular formula is C18H20N4O. The Morgan fingerprint density at radius 1 is 1.04 bits per heavy atom. The maximum Gasteiger partial charge on any atom is 0.271 e. The van der Waals surface area contributed by atoms with Gasteiger partial charge in [0.15, 0.2) is 0 Å². The van der Waals surface area contributed by atoms with E-state index in [4.69, 9.17) is 0 Å². The van der Waals surface area contributed by atoms with Crippen molar-refractivity contribution in [2.75, 3.05) is 18.0 Å². The van der Waals surface area contributed by atoms with Crippen LogP contribution in [0.1, 0.15) is 35.2 Å². The summed E-state index contributed by atoms with van der Waals surface area (Å²) in [5, 5.41) is 4.00. The van der Waals surface area contributed by atoms with Crippen LogP contribution in [0.25, 0.3) is 0 Å². The molecule has 0 aliphatic carbocycles. The van der Waals surface area contributed by atoms with Gasteiger partial charge in [-0.05, 0) is 49.1 Å². The number of nitrogens with zero attached hydrogens (tertiary/aromatic N) is 3. The molecule has 0 unspecified atom stereocenters. The predicted molar refractivity (Wildman–Crippen MR) is 91.8 cm³/mol. The molecular weight excluding hydrogens is 288 g/mol. The molecule has 1 saturated heterocycles. The van der Waals surface area contributed by atoms with Crippen molar-refractivity contribution in [3.05, 3.63) is 59.9 Å². The minimum absolute atomic E-state index is 0.242. The Hall–Kier alpha value is -2.69. The highest BCUT2D eigenvalue weighted by Gasteiger charge is 2.10. The average Bonchev–Trinajstić information content (AvgIpc) is 2.64. The number of hydrogen-bond acceptors (Lipinski definition) is 4. The molecule has 5 nitrogen and oxygen atoms in total. The van der Waals surface area contributed by atoms with E-state index in [-0.39, 0.29) is 5.91 Å². The lowest BCUT2D eigenvalue weighted by molar-refractivity contribution is 0.0955. The number of rotatable bonds is 4. The maximum absolute atomic E-state index is 11.8. The third kappa shape index (κ3) is 4.16. The van der Waals surface area contributed by atoms with E-state index in [1.54, 1.807) is 30.7 Å². The quantitative estimate of drug-likeness (QED) is 0.698. The lowest BCUT2D eigenvalue weighted by Gasteiger charge is -2.28. The normalized spacial score (nSPS) is 14.9. The van der Waals surface area contributed by atoms with Crippen LogP contribution < -0.4 is 10.3 Å². The van der Waals surface area contributed by atoms with Crippen molar-refractivity contribution in [1.82, 2.24) is 10.4 Å². The molecule has 1 aliphatic rings. The molecule has 3 rings (SSSR count). The Morgan fingerprint density at radius 2 is 1.74 bits per heavy atom. The number of benzene rings is 1. The molecule has 0 spiro atoms. The van der Waals surface area contributed by atoms with Gasteiger partial charge in [0, 0.05) is 36.7 Å². The van der Waals surface area contributed by atoms with E-state index in [0.29, 0.717) is 5.56 Å². The number of aromatic nitrogens is 1. The third-order valence-electron chi connectivity index (χ3n) is 3.94. The van der Waals surface area contributed by atoms with Crippen LogP contribution in [0.2, 0.25) is 0 Å². The third-order valence-corrected chi connectivity index (χ3v) is 3.94. The second-order valence-electron chi connectivity index (χ2n) is 5.57. The fourth-order valence-corrected chi connectivity index (χ4v) is 2.66. The topological polar surface area (TPSA) is 57.6 Å². The Bertz CT molecular complexity index is 661. The Labute approximate surface area is 136 Å². The number of piperidine rings is 1. The van der Waals surface area contributed by atoms with E-state index in [1.165, 1.54) is 24.9 Å². The van der Waals surface area contributed by atoms with Crippen LogP contribution >= 0.6 is 0 Å². The second kappa shape index (κ2) is 7.54. The minimum atomic E-state index is -0.242. The van der Waals surface area contributed by atoms with Gasteiger partial charge in [-0.2, -0.15) is 5.10 Å². The molecule has 2 heterocycles. The van der Waals surface area contributed by atoms with Gasteiger partial charge in [-0.1, -0.05) is 12.1 Å². The van der Waals surface area contributed by atoms with E-state index in [9.17, 15) is 4.79 Å². The van der Waals surface area contributed by atoms with Crippen LogP contribution in [-0.2, 0) is 0 Å². The summed E-state index contributed by atoms with van der Waals surface area (Å²) < 4.78 is 0. The molecule has 1 aromatic carbocycles. The molecule has 5 heteroatoms. The minimum Gasteiger partial charge on any atom is -0.372 e. The number of hydrogen-bond donors (Lipinski definition) is 1. The largest absolute Gasteiger partial charge is 0.372 e. The average molecular weight is 308 g/mol. The highest BCUT2D eigenvalue weighted by Crippen LogP contribution is 2.19. The van der Waals surface area contributed by atoms with E-state index in [2.05, 4.69) is 32.5 Å². The first-order chi connectivity index (χ1) is 11.3. The summed E-state index contributed by atoms with van der Waals surface area (Å²) in [5.41, 5.74) is 5.27. The molecule has 1 aliphatic heterocycles. The number of carbonyl (C=O) groups excluding carboxylic acids is 1. The van der Waals surface area contributed by atoms with Gasteiger partial charge >= 0.3 is 0 Å². The van der Waals surface area contributed by atoms with E-state index < -0.39 is 0 Å². The van der Waals surface area contributed by atoms with Crippen molar-refractivity contribution in [2.45, 2.75) is 19.3 Å². The lowest BCUT2D eigenvalue weighted by Crippen LogP contribution is -2.29. The zero-order chi connectivity index (χ0) is 15.9. The number of carbonyl (C=O) groups is 1. The summed E-state index contributed by atoms with van der Waals surface area (Å²) >= 11 is 0. The Morgan fingerprint density at radius 3 is 2.43 bits per heavy atom. The molecule has 1 fully saturated rings. The summed E-state index contributed by atoms with van der Waals surface area (Å²) in [6, 6.07) is 11.6. The number of hydrazone groups is 1. The molecule has 1 aromatic heterocycles. The molecule has 118 valence electrons. The zero-order valence-electron chi connectivity index (χ0n) is 13.0. The van der Waals surface area contributed by atoms with Crippen molar-refractivity contribution in [2.24, 2.45) is 5.10 Å². The van der Waals surface area contributed by atoms with Crippen LogP contribution in [0.15, 0.2) is 53.9 Å². The van der Waals surface area contributed by atoms with Gasteiger partial charge in [0.25, 0.3) is 5.91 Å². The van der Waals surface area contributed by atoms with Crippen molar-refractivity contribution in [3.8, 4) is 0 Å². The van der Waals surface area contributed by atoms with Gasteiger partial charge < -0.3 is 4.90 Å². The van der Waals surface area contributed by atoms with Gasteiger partial charge in [-0.3, -0.25) is 9.78 Å². The molecule has 0 radical (unpaired) electrons. The summed E-state index contributed by atoms with van der Waals surface area (Å²) in [6.07, 6.45) is 8.68. The van der Waals surface area contributed by atoms with Crippen LogP contribution in [0.4, 0.5) is 5.69 Å². The van der Waals surface area contributed by atoms with Gasteiger partial charge in [0.1, 0.15) is 0 Å². The summed E-state index contributed by atoms with van der Waals surface area (Å²) in [6.45, 7) is 2.27. The summed E-state index contributed by atoms with van der Waals surface area (Å²) in [5.74, 6) is -0.242. The molecule has 0 saturated carbocycles. The van der Waals surface area contributed by atoms with Gasteiger partial charge in [-0.25, -0.2) is 5.43 Å². The monoisotopic (exact) mass is 308 g/mol. The molecule has 0 bridgehead atoms. The number of amides is 1. The molecule has 0 atom stereocenters. The van der Waals surface area contributed by atoms with Crippen LogP contribution in [0, 0.1) is 0 Å². The summed E-state index contributed by atoms with van der Waals surface area (Å²) in [4.78, 5) is 18.1. The van der Waals surface area contributed by atoms with Crippen molar-refractivity contribution < 1.29 is 4.79 Å². The first kappa shape index (κ1) is 15.2. The summed E-state index contributed by atoms with van der Waals surface area (Å²) in [7, 11) is 0. The van der Waals surface area contributed by atoms with Crippen LogP contribution in [0.5, 0.6) is 0 Å². The van der Waals surface area contributed by atoms with Gasteiger partial charge in [0.2, 0.25) is 0 Å². The molecule has 1 amide bonds. The molecule has 2 aromatic rings. The maximum atomic E-state index is 11.8. The highest BCUT2D eigenvalue weighted by atomic mass is 16.2. The number of anilines is 1. The van der Waals surface area contributed by atoms with Crippen molar-refractivity contribution in [3.63, 3.8) is 0 Å². The van der Waals surface area contributed by atoms with E-state index in [0.717, 1.165) is 18.7 Å². The predicted octanol–water partition coefficient (Wildman–Crippen LogP) is 2.84. The fourth-order valence-electron chi connectivity index (χ4n) is 2.66. The van der Waals surface area contributed by atoms with Gasteiger partial charge in [0.05, 0.1) is 6.21 Å². The first-order valence-electron chi connectivity index (χ1n) is 7.91. The second-order valence-corrected chi connectivity index (χ2v) is 5.57. The van der Waals surface area contributed by atoms with Crippen molar-refractivity contribution >= 4 is 17.8 Å². The Kier molecular flexibility index (Phi) is 4.99. The van der Waals surface area contributed by atoms with Gasteiger partial charge in [-0.15, -0.1) is 0 Å². The molecule has 23 heavy (non-hydrogen) atoms. The zero-order valence-corrected chi connectivity index (χ0v) is 13.0. The van der Waals surface area contributed by atoms with Crippen LogP contribution in [-0.4, -0.2) is 30.2 Å². The first-order valence-corrected chi connectivity index (χ1v) is 7.91. The smallest absolute Gasteiger partial charge is 0.271 e. The van der Waals surface area contributed by atoms with E-state index >= 15 is 0 Å². The fraction of sp³-hybridized carbons (Fsp3) is 0.278. The lowest BCUT2D eigenvalue weighted by atomic mass is 10.1. The van der Waals surface area contributed by atoms with Crippen LogP contribution in [0.3, 0.4) is 0 Å². The highest BCUT2D eigenvalue weighted by molar-refractivity contribution is 5.94. The SMILES string of the molecule is O=C(N/N=C\c1ccc(N2CCCCC2)cc1)c1ccncc1. The number of nitrogens with one attached hydrogen (secondary N) is 1. The number of pyridine rings is 1. The van der Waals surface area contributed by atoms with E-state index in [1.807, 2.05) is 12.1 Å². The Balaban J connectivity index is 1.56. The van der Waals surface area contributed by atoms with Crippen molar-refractivity contribution in [1.29, 1.82) is 0 Å². The standard InChI is InChI=1S/C18H20N4O/c23-18(16-8-10-19-11-9-16)21-20-14-15-4-6-17(7-5-15)22-12-2-1-3-13-22/h4-11,14H,1-3,12-13H2,(H,21,23)/b20-14-. The molecule has 1 N–H and O–H groups in total.